The molecule has 1 aromatic rings. The van der Waals surface area contributed by atoms with Crippen molar-refractivity contribution in [2.24, 2.45) is 5.92 Å². The van der Waals surface area contributed by atoms with Crippen LogP contribution in [0.1, 0.15) is 36.5 Å². The minimum atomic E-state index is -3.67. The summed E-state index contributed by atoms with van der Waals surface area (Å²) in [5.74, 6) is -0.276. The van der Waals surface area contributed by atoms with Gasteiger partial charge in [-0.05, 0) is 38.3 Å². The summed E-state index contributed by atoms with van der Waals surface area (Å²) in [7, 11) is -0.264. The summed E-state index contributed by atoms with van der Waals surface area (Å²) in [6, 6.07) is 6.10. The average Bonchev–Trinajstić information content (AvgIpc) is 2.67. The van der Waals surface area contributed by atoms with Crippen LogP contribution in [0.2, 0.25) is 0 Å². The van der Waals surface area contributed by atoms with Gasteiger partial charge in [-0.1, -0.05) is 12.1 Å². The Hall–Kier alpha value is -1.77. The first-order valence-corrected chi connectivity index (χ1v) is 10.6. The van der Waals surface area contributed by atoms with Gasteiger partial charge in [0.1, 0.15) is 0 Å². The van der Waals surface area contributed by atoms with Crippen LogP contribution in [-0.2, 0) is 19.6 Å². The Labute approximate surface area is 161 Å². The van der Waals surface area contributed by atoms with E-state index in [4.69, 9.17) is 4.74 Å². The molecule has 1 saturated heterocycles. The molecule has 1 fully saturated rings. The van der Waals surface area contributed by atoms with Crippen molar-refractivity contribution in [3.05, 3.63) is 29.8 Å². The van der Waals surface area contributed by atoms with Crippen molar-refractivity contribution in [1.29, 1.82) is 0 Å². The van der Waals surface area contributed by atoms with E-state index >= 15 is 0 Å². The fourth-order valence-corrected chi connectivity index (χ4v) is 4.75. The smallest absolute Gasteiger partial charge is 0.243 e. The fraction of sp³-hybridized carbons (Fsp3) is 0.579. The molecule has 0 radical (unpaired) electrons. The summed E-state index contributed by atoms with van der Waals surface area (Å²) in [6.45, 7) is 3.24. The van der Waals surface area contributed by atoms with Crippen molar-refractivity contribution in [3.8, 4) is 0 Å². The Kier molecular flexibility index (Phi) is 7.52. The minimum Gasteiger partial charge on any atom is -0.385 e. The second kappa shape index (κ2) is 9.43. The first-order valence-electron chi connectivity index (χ1n) is 9.12. The molecule has 0 spiro atoms. The number of ether oxygens (including phenoxy) is 1. The van der Waals surface area contributed by atoms with Crippen LogP contribution >= 0.6 is 0 Å². The molecule has 0 saturated carbocycles. The number of amides is 1. The minimum absolute atomic E-state index is 0.0572. The molecular weight excluding hydrogens is 368 g/mol. The molecule has 8 heteroatoms. The molecular formula is C19H28N2O5S. The molecule has 0 atom stereocenters. The lowest BCUT2D eigenvalue weighted by atomic mass is 9.96. The fourth-order valence-electron chi connectivity index (χ4n) is 3.24. The number of ketones is 1. The van der Waals surface area contributed by atoms with E-state index in [-0.39, 0.29) is 22.5 Å². The summed E-state index contributed by atoms with van der Waals surface area (Å²) in [5, 5.41) is 0. The Bertz CT molecular complexity index is 770. The quantitative estimate of drug-likeness (QED) is 0.494. The van der Waals surface area contributed by atoms with E-state index in [0.29, 0.717) is 44.6 Å². The number of carbonyl (C=O) groups is 2. The van der Waals surface area contributed by atoms with Crippen LogP contribution in [0.5, 0.6) is 0 Å². The van der Waals surface area contributed by atoms with Gasteiger partial charge >= 0.3 is 0 Å². The maximum absolute atomic E-state index is 12.9. The molecule has 0 aliphatic carbocycles. The van der Waals surface area contributed by atoms with E-state index in [1.807, 2.05) is 0 Å². The third kappa shape index (κ3) is 5.37. The number of rotatable bonds is 8. The highest BCUT2D eigenvalue weighted by atomic mass is 32.2. The topological polar surface area (TPSA) is 84.0 Å². The van der Waals surface area contributed by atoms with Gasteiger partial charge in [0.2, 0.25) is 15.9 Å². The van der Waals surface area contributed by atoms with Gasteiger partial charge in [-0.2, -0.15) is 4.31 Å². The molecule has 7 nitrogen and oxygen atoms in total. The number of carbonyl (C=O) groups excluding carboxylic acids is 2. The molecule has 1 aromatic carbocycles. The molecule has 0 N–H and O–H groups in total. The Morgan fingerprint density at radius 1 is 1.26 bits per heavy atom. The number of hydrogen-bond acceptors (Lipinski definition) is 5. The molecule has 1 heterocycles. The van der Waals surface area contributed by atoms with Gasteiger partial charge in [0, 0.05) is 51.9 Å². The second-order valence-corrected chi connectivity index (χ2v) is 8.81. The van der Waals surface area contributed by atoms with Gasteiger partial charge in [-0.15, -0.1) is 0 Å². The molecule has 1 amide bonds. The number of Topliss-reactive ketones (excluding diaryl/α,β-unsaturated/α-hetero) is 1. The Morgan fingerprint density at radius 3 is 2.52 bits per heavy atom. The molecule has 1 aliphatic rings. The van der Waals surface area contributed by atoms with Crippen LogP contribution in [0.25, 0.3) is 0 Å². The van der Waals surface area contributed by atoms with Crippen LogP contribution in [0.15, 0.2) is 29.2 Å². The summed E-state index contributed by atoms with van der Waals surface area (Å²) < 4.78 is 32.1. The molecule has 27 heavy (non-hydrogen) atoms. The molecule has 0 aromatic heterocycles. The maximum Gasteiger partial charge on any atom is 0.243 e. The first kappa shape index (κ1) is 21.5. The van der Waals surface area contributed by atoms with Crippen LogP contribution in [0.4, 0.5) is 0 Å². The molecule has 0 bridgehead atoms. The number of methoxy groups -OCH3 is 1. The average molecular weight is 397 g/mol. The zero-order chi connectivity index (χ0) is 20.0. The van der Waals surface area contributed by atoms with Crippen molar-refractivity contribution < 1.29 is 22.7 Å². The zero-order valence-corrected chi connectivity index (χ0v) is 17.0. The van der Waals surface area contributed by atoms with Crippen LogP contribution in [-0.4, -0.2) is 69.7 Å². The van der Waals surface area contributed by atoms with Gasteiger partial charge in [-0.25, -0.2) is 8.42 Å². The molecule has 0 unspecified atom stereocenters. The summed E-state index contributed by atoms with van der Waals surface area (Å²) in [6.07, 6.45) is 1.77. The van der Waals surface area contributed by atoms with E-state index in [1.54, 1.807) is 31.2 Å². The van der Waals surface area contributed by atoms with Gasteiger partial charge in [0.15, 0.2) is 5.78 Å². The maximum atomic E-state index is 12.9. The number of sulfonamides is 1. The third-order valence-corrected chi connectivity index (χ3v) is 6.79. The predicted molar refractivity (Wildman–Crippen MR) is 102 cm³/mol. The zero-order valence-electron chi connectivity index (χ0n) is 16.2. The van der Waals surface area contributed by atoms with E-state index in [9.17, 15) is 18.0 Å². The second-order valence-electron chi connectivity index (χ2n) is 6.87. The molecule has 1 aliphatic heterocycles. The highest BCUT2D eigenvalue weighted by Crippen LogP contribution is 2.25. The summed E-state index contributed by atoms with van der Waals surface area (Å²) >= 11 is 0. The third-order valence-electron chi connectivity index (χ3n) is 4.90. The molecule has 2 rings (SSSR count). The van der Waals surface area contributed by atoms with Crippen molar-refractivity contribution in [2.75, 3.05) is 40.4 Å². The number of piperidine rings is 1. The Balaban J connectivity index is 1.99. The van der Waals surface area contributed by atoms with Crippen molar-refractivity contribution in [2.45, 2.75) is 31.1 Å². The van der Waals surface area contributed by atoms with E-state index in [2.05, 4.69) is 0 Å². The van der Waals surface area contributed by atoms with Crippen molar-refractivity contribution >= 4 is 21.7 Å². The monoisotopic (exact) mass is 396 g/mol. The van der Waals surface area contributed by atoms with Gasteiger partial charge in [0.25, 0.3) is 0 Å². The van der Waals surface area contributed by atoms with Crippen molar-refractivity contribution in [3.63, 3.8) is 0 Å². The standard InChI is InChI=1S/C19H28N2O5S/c1-15(22)17-6-4-7-18(14-17)27(24,25)21-11-8-16(9-12-21)19(23)20(2)10-5-13-26-3/h4,6-7,14,16H,5,8-13H2,1-3H3. The first-order chi connectivity index (χ1) is 12.8. The molecule has 150 valence electrons. The number of hydrogen-bond donors (Lipinski definition) is 0. The number of benzene rings is 1. The van der Waals surface area contributed by atoms with Gasteiger partial charge in [0.05, 0.1) is 4.90 Å². The van der Waals surface area contributed by atoms with Gasteiger partial charge < -0.3 is 9.64 Å². The van der Waals surface area contributed by atoms with Gasteiger partial charge in [-0.3, -0.25) is 9.59 Å². The number of nitrogens with zero attached hydrogens (tertiary/aromatic N) is 2. The van der Waals surface area contributed by atoms with Crippen molar-refractivity contribution in [1.82, 2.24) is 9.21 Å². The summed E-state index contributed by atoms with van der Waals surface area (Å²) in [4.78, 5) is 25.9. The largest absolute Gasteiger partial charge is 0.385 e. The predicted octanol–water partition coefficient (Wildman–Crippen LogP) is 1.78. The van der Waals surface area contributed by atoms with E-state index in [0.717, 1.165) is 6.42 Å². The lowest BCUT2D eigenvalue weighted by Gasteiger charge is -2.32. The Morgan fingerprint density at radius 2 is 1.93 bits per heavy atom. The van der Waals surface area contributed by atoms with Crippen LogP contribution < -0.4 is 0 Å². The SMILES string of the molecule is COCCCN(C)C(=O)C1CCN(S(=O)(=O)c2cccc(C(C)=O)c2)CC1. The summed E-state index contributed by atoms with van der Waals surface area (Å²) in [5.41, 5.74) is 0.374. The lowest BCUT2D eigenvalue weighted by Crippen LogP contribution is -2.43. The highest BCUT2D eigenvalue weighted by molar-refractivity contribution is 7.89. The van der Waals surface area contributed by atoms with Crippen LogP contribution in [0.3, 0.4) is 0 Å². The van der Waals surface area contributed by atoms with E-state index in [1.165, 1.54) is 23.4 Å². The lowest BCUT2D eigenvalue weighted by molar-refractivity contribution is -0.135. The van der Waals surface area contributed by atoms with E-state index < -0.39 is 10.0 Å². The highest BCUT2D eigenvalue weighted by Gasteiger charge is 2.33. The normalized spacial score (nSPS) is 16.3. The van der Waals surface area contributed by atoms with Crippen LogP contribution in [0, 0.1) is 5.92 Å².